The van der Waals surface area contributed by atoms with Crippen LogP contribution in [0.25, 0.3) is 0 Å². The predicted octanol–water partition coefficient (Wildman–Crippen LogP) is 1.44. The average Bonchev–Trinajstić information content (AvgIpc) is 1.90. The van der Waals surface area contributed by atoms with E-state index in [-0.39, 0.29) is 44.9 Å². The molecule has 0 aromatic heterocycles. The molecule has 0 aliphatic heterocycles. The zero-order valence-electron chi connectivity index (χ0n) is 7.66. The van der Waals surface area contributed by atoms with Gasteiger partial charge in [0.05, 0.1) is 6.61 Å². The van der Waals surface area contributed by atoms with E-state index in [1.165, 1.54) is 0 Å². The zero-order chi connectivity index (χ0) is 5.82. The van der Waals surface area contributed by atoms with Gasteiger partial charge in [-0.1, -0.05) is 30.3 Å². The summed E-state index contributed by atoms with van der Waals surface area (Å²) in [6.45, 7) is 0.140. The molecule has 1 aromatic carbocycles. The third-order valence-corrected chi connectivity index (χ3v) is 1.03. The summed E-state index contributed by atoms with van der Waals surface area (Å²) in [7, 11) is 0. The Balaban J connectivity index is -0.0000000800. The van der Waals surface area contributed by atoms with Crippen LogP contribution in [-0.4, -0.2) is 28.2 Å². The molecule has 0 aliphatic carbocycles. The van der Waals surface area contributed by atoms with E-state index in [4.69, 9.17) is 5.11 Å². The van der Waals surface area contributed by atoms with Gasteiger partial charge in [-0.25, -0.2) is 0 Å². The van der Waals surface area contributed by atoms with E-state index in [9.17, 15) is 0 Å². The summed E-state index contributed by atoms with van der Waals surface area (Å²) in [4.78, 5) is 0. The number of aliphatic hydroxyl groups excluding tert-OH is 1. The largest absolute Gasteiger partial charge is 2.00 e. The maximum absolute atomic E-state index is 8.54. The summed E-state index contributed by atoms with van der Waals surface area (Å²) < 4.78 is 0. The normalized spacial score (nSPS) is 7.30. The van der Waals surface area contributed by atoms with Crippen molar-refractivity contribution in [2.45, 2.75) is 6.61 Å². The number of aliphatic hydroxyl groups is 1. The van der Waals surface area contributed by atoms with Crippen LogP contribution in [0.3, 0.4) is 0 Å². The smallest absolute Gasteiger partial charge is 1.00 e. The Morgan fingerprint density at radius 3 is 2.00 bits per heavy atom. The molecule has 0 heterocycles. The van der Waals surface area contributed by atoms with Crippen LogP contribution in [0.1, 0.15) is 8.42 Å². The van der Waals surface area contributed by atoms with Gasteiger partial charge < -0.3 is 7.96 Å². The molecule has 1 rings (SSSR count). The fraction of sp³-hybridized carbons (Fsp3) is 0.143. The quantitative estimate of drug-likeness (QED) is 0.633. The first-order valence-corrected chi connectivity index (χ1v) is 2.58. The molecule has 0 amide bonds. The third-order valence-electron chi connectivity index (χ3n) is 1.03. The Morgan fingerprint density at radius 1 is 1.20 bits per heavy atom. The molecule has 10 heavy (non-hydrogen) atoms. The zero-order valence-corrected chi connectivity index (χ0v) is 7.89. The van der Waals surface area contributed by atoms with Gasteiger partial charge in [-0.3, -0.25) is 0 Å². The molecular formula is C7H11ClMgO. The van der Waals surface area contributed by atoms with Gasteiger partial charge in [-0.15, -0.1) is 12.4 Å². The fourth-order valence-corrected chi connectivity index (χ4v) is 0.583. The summed E-state index contributed by atoms with van der Waals surface area (Å²) in [5.41, 5.74) is 0.965. The Bertz CT molecular complexity index is 163. The van der Waals surface area contributed by atoms with Crippen LogP contribution in [0.15, 0.2) is 30.3 Å². The number of hydrogen-bond acceptors (Lipinski definition) is 1. The molecule has 3 heteroatoms. The Hall–Kier alpha value is 0.236. The topological polar surface area (TPSA) is 20.2 Å². The molecule has 1 N–H and O–H groups in total. The molecule has 54 valence electrons. The number of hydrogen-bond donors (Lipinski definition) is 1. The SMILES string of the molecule is Cl.OCc1ccccc1.[H-].[H-].[Mg+2]. The minimum atomic E-state index is 0. The molecule has 0 aliphatic rings. The first-order valence-electron chi connectivity index (χ1n) is 2.58. The van der Waals surface area contributed by atoms with Gasteiger partial charge in [-0.05, 0) is 5.56 Å². The van der Waals surface area contributed by atoms with E-state index < -0.39 is 0 Å². The summed E-state index contributed by atoms with van der Waals surface area (Å²) in [5, 5.41) is 8.54. The summed E-state index contributed by atoms with van der Waals surface area (Å²) in [6, 6.07) is 9.52. The summed E-state index contributed by atoms with van der Waals surface area (Å²) in [5.74, 6) is 0. The Labute approximate surface area is 86.0 Å². The van der Waals surface area contributed by atoms with Gasteiger partial charge in [0.25, 0.3) is 0 Å². The number of benzene rings is 1. The van der Waals surface area contributed by atoms with E-state index in [2.05, 4.69) is 0 Å². The molecule has 0 unspecified atom stereocenters. The molecule has 0 saturated heterocycles. The molecule has 0 atom stereocenters. The van der Waals surface area contributed by atoms with Gasteiger partial charge in [0.2, 0.25) is 0 Å². The molecule has 0 fully saturated rings. The average molecular weight is 171 g/mol. The third kappa shape index (κ3) is 4.12. The fourth-order valence-electron chi connectivity index (χ4n) is 0.583. The minimum absolute atomic E-state index is 0. The Kier molecular flexibility index (Phi) is 9.45. The second kappa shape index (κ2) is 7.34. The molecule has 0 bridgehead atoms. The van der Waals surface area contributed by atoms with Gasteiger partial charge in [0.1, 0.15) is 0 Å². The van der Waals surface area contributed by atoms with Gasteiger partial charge in [-0.2, -0.15) is 0 Å². The van der Waals surface area contributed by atoms with Crippen LogP contribution in [0.5, 0.6) is 0 Å². The van der Waals surface area contributed by atoms with Crippen molar-refractivity contribution in [2.75, 3.05) is 0 Å². The van der Waals surface area contributed by atoms with E-state index >= 15 is 0 Å². The van der Waals surface area contributed by atoms with E-state index in [1.807, 2.05) is 30.3 Å². The van der Waals surface area contributed by atoms with Crippen molar-refractivity contribution in [1.29, 1.82) is 0 Å². The predicted molar refractivity (Wildman–Crippen MR) is 47.6 cm³/mol. The molecule has 1 aromatic rings. The standard InChI is InChI=1S/C7H8O.ClH.Mg.2H/c8-6-7-4-2-1-3-5-7;;;;/h1-5,8H,6H2;1H;;;/q;;+2;2*-1. The van der Waals surface area contributed by atoms with Crippen molar-refractivity contribution in [1.82, 2.24) is 0 Å². The monoisotopic (exact) mass is 170 g/mol. The van der Waals surface area contributed by atoms with Gasteiger partial charge >= 0.3 is 23.1 Å². The van der Waals surface area contributed by atoms with Crippen LogP contribution >= 0.6 is 12.4 Å². The molecule has 0 saturated carbocycles. The first-order chi connectivity index (χ1) is 3.93. The van der Waals surface area contributed by atoms with Crippen molar-refractivity contribution in [3.8, 4) is 0 Å². The van der Waals surface area contributed by atoms with Crippen molar-refractivity contribution in [2.24, 2.45) is 0 Å². The first kappa shape index (κ1) is 12.9. The maximum Gasteiger partial charge on any atom is 2.00 e. The molecule has 0 spiro atoms. The minimum Gasteiger partial charge on any atom is -1.00 e. The second-order valence-electron chi connectivity index (χ2n) is 1.64. The van der Waals surface area contributed by atoms with Crippen LogP contribution in [0, 0.1) is 0 Å². The van der Waals surface area contributed by atoms with E-state index in [0.29, 0.717) is 0 Å². The van der Waals surface area contributed by atoms with E-state index in [1.54, 1.807) is 0 Å². The second-order valence-corrected chi connectivity index (χ2v) is 1.64. The van der Waals surface area contributed by atoms with Crippen molar-refractivity contribution in [3.63, 3.8) is 0 Å². The maximum atomic E-state index is 8.54. The van der Waals surface area contributed by atoms with Crippen molar-refractivity contribution in [3.05, 3.63) is 35.9 Å². The molecular weight excluding hydrogens is 160 g/mol. The molecule has 0 radical (unpaired) electrons. The van der Waals surface area contributed by atoms with Crippen LogP contribution in [-0.2, 0) is 6.61 Å². The van der Waals surface area contributed by atoms with Crippen molar-refractivity contribution >= 4 is 35.5 Å². The number of rotatable bonds is 1. The van der Waals surface area contributed by atoms with Crippen molar-refractivity contribution < 1.29 is 7.96 Å². The van der Waals surface area contributed by atoms with E-state index in [0.717, 1.165) is 5.56 Å². The summed E-state index contributed by atoms with van der Waals surface area (Å²) in [6.07, 6.45) is 0. The Morgan fingerprint density at radius 2 is 1.70 bits per heavy atom. The summed E-state index contributed by atoms with van der Waals surface area (Å²) >= 11 is 0. The molecule has 1 nitrogen and oxygen atoms in total. The van der Waals surface area contributed by atoms with Gasteiger partial charge in [0, 0.05) is 0 Å². The number of halogens is 1. The van der Waals surface area contributed by atoms with Crippen LogP contribution in [0.4, 0.5) is 0 Å². The van der Waals surface area contributed by atoms with Crippen LogP contribution in [0.2, 0.25) is 0 Å². The van der Waals surface area contributed by atoms with Gasteiger partial charge in [0.15, 0.2) is 0 Å². The van der Waals surface area contributed by atoms with Crippen LogP contribution < -0.4 is 0 Å².